The molecule has 0 amide bonds. The Morgan fingerprint density at radius 2 is 2.31 bits per heavy atom. The predicted molar refractivity (Wildman–Crippen MR) is 62.7 cm³/mol. The third-order valence-corrected chi connectivity index (χ3v) is 2.11. The highest BCUT2D eigenvalue weighted by Crippen LogP contribution is 2.25. The van der Waals surface area contributed by atoms with Crippen LogP contribution in [0.3, 0.4) is 0 Å². The minimum atomic E-state index is -0.995. The number of carboxylic acid groups (broad SMARTS) is 1. The number of methoxy groups -OCH3 is 1. The second-order valence-corrected chi connectivity index (χ2v) is 3.21. The van der Waals surface area contributed by atoms with Gasteiger partial charge in [0.25, 0.3) is 0 Å². The molecule has 1 aromatic rings. The molecule has 0 heterocycles. The monoisotopic (exact) mass is 221 g/mol. The Bertz CT molecular complexity index is 399. The van der Waals surface area contributed by atoms with E-state index in [2.05, 4.69) is 0 Å². The average molecular weight is 221 g/mol. The number of nitrogens with two attached hydrogens (primary N) is 1. The summed E-state index contributed by atoms with van der Waals surface area (Å²) in [6.07, 6.45) is 4.46. The zero-order valence-corrected chi connectivity index (χ0v) is 9.14. The normalized spacial score (nSPS) is 10.6. The van der Waals surface area contributed by atoms with Crippen LogP contribution < -0.4 is 10.5 Å². The fourth-order valence-corrected chi connectivity index (χ4v) is 1.39. The molecule has 0 fully saturated rings. The van der Waals surface area contributed by atoms with E-state index in [1.165, 1.54) is 13.2 Å². The fourth-order valence-electron chi connectivity index (χ4n) is 1.39. The van der Waals surface area contributed by atoms with Crippen LogP contribution in [0.5, 0.6) is 5.75 Å². The maximum Gasteiger partial charge on any atom is 0.339 e. The molecule has 0 aliphatic rings. The second kappa shape index (κ2) is 5.92. The zero-order valence-electron chi connectivity index (χ0n) is 9.14. The van der Waals surface area contributed by atoms with Gasteiger partial charge < -0.3 is 15.6 Å². The Morgan fingerprint density at radius 1 is 1.56 bits per heavy atom. The number of rotatable bonds is 5. The van der Waals surface area contributed by atoms with Crippen LogP contribution in [-0.4, -0.2) is 24.7 Å². The molecule has 0 spiro atoms. The summed E-state index contributed by atoms with van der Waals surface area (Å²) in [5, 5.41) is 8.97. The van der Waals surface area contributed by atoms with Crippen molar-refractivity contribution in [3.05, 3.63) is 35.4 Å². The van der Waals surface area contributed by atoms with Gasteiger partial charge in [0.05, 0.1) is 7.11 Å². The van der Waals surface area contributed by atoms with Gasteiger partial charge in [-0.2, -0.15) is 0 Å². The Hall–Kier alpha value is -1.81. The van der Waals surface area contributed by atoms with Crippen LogP contribution in [0.1, 0.15) is 22.3 Å². The predicted octanol–water partition coefficient (Wildman–Crippen LogP) is 1.76. The van der Waals surface area contributed by atoms with Gasteiger partial charge >= 0.3 is 5.97 Å². The van der Waals surface area contributed by atoms with E-state index >= 15 is 0 Å². The topological polar surface area (TPSA) is 72.5 Å². The second-order valence-electron chi connectivity index (χ2n) is 3.21. The van der Waals surface area contributed by atoms with Crippen molar-refractivity contribution < 1.29 is 14.6 Å². The van der Waals surface area contributed by atoms with Crippen LogP contribution in [0.4, 0.5) is 0 Å². The van der Waals surface area contributed by atoms with Crippen LogP contribution in [0.2, 0.25) is 0 Å². The lowest BCUT2D eigenvalue weighted by Gasteiger charge is -2.07. The summed E-state index contributed by atoms with van der Waals surface area (Å²) in [5.41, 5.74) is 6.28. The van der Waals surface area contributed by atoms with Gasteiger partial charge in [-0.25, -0.2) is 4.79 Å². The summed E-state index contributed by atoms with van der Waals surface area (Å²) in [7, 11) is 1.46. The minimum Gasteiger partial charge on any atom is -0.495 e. The van der Waals surface area contributed by atoms with Crippen molar-refractivity contribution in [3.63, 3.8) is 0 Å². The third-order valence-electron chi connectivity index (χ3n) is 2.11. The molecule has 16 heavy (non-hydrogen) atoms. The molecule has 0 aromatic heterocycles. The van der Waals surface area contributed by atoms with Crippen molar-refractivity contribution >= 4 is 12.0 Å². The molecule has 0 saturated carbocycles. The Morgan fingerprint density at radius 3 is 2.88 bits per heavy atom. The van der Waals surface area contributed by atoms with Crippen molar-refractivity contribution in [3.8, 4) is 5.75 Å². The summed E-state index contributed by atoms with van der Waals surface area (Å²) in [5.74, 6) is -0.616. The van der Waals surface area contributed by atoms with Gasteiger partial charge in [0.2, 0.25) is 0 Å². The van der Waals surface area contributed by atoms with Crippen molar-refractivity contribution in [2.24, 2.45) is 5.73 Å². The molecule has 0 radical (unpaired) electrons. The van der Waals surface area contributed by atoms with E-state index in [0.29, 0.717) is 12.3 Å². The molecule has 4 heteroatoms. The number of carbonyl (C=O) groups is 1. The first kappa shape index (κ1) is 12.3. The highest BCUT2D eigenvalue weighted by Gasteiger charge is 2.12. The van der Waals surface area contributed by atoms with Crippen molar-refractivity contribution in [1.82, 2.24) is 0 Å². The summed E-state index contributed by atoms with van der Waals surface area (Å²) >= 11 is 0. The molecule has 86 valence electrons. The first-order valence-electron chi connectivity index (χ1n) is 4.97. The number of hydrogen-bond donors (Lipinski definition) is 2. The molecule has 0 aliphatic heterocycles. The maximum atomic E-state index is 10.9. The lowest BCUT2D eigenvalue weighted by molar-refractivity contribution is 0.0693. The number of aromatic carboxylic acids is 1. The van der Waals surface area contributed by atoms with Crippen molar-refractivity contribution in [1.29, 1.82) is 0 Å². The highest BCUT2D eigenvalue weighted by atomic mass is 16.5. The molecule has 0 bridgehead atoms. The van der Waals surface area contributed by atoms with E-state index in [9.17, 15) is 4.79 Å². The number of para-hydroxylation sites is 1. The molecule has 0 atom stereocenters. The van der Waals surface area contributed by atoms with E-state index in [4.69, 9.17) is 15.6 Å². The molecular formula is C12H15NO3. The zero-order chi connectivity index (χ0) is 12.0. The van der Waals surface area contributed by atoms with Gasteiger partial charge in [-0.1, -0.05) is 24.3 Å². The average Bonchev–Trinajstić information content (AvgIpc) is 2.29. The quantitative estimate of drug-likeness (QED) is 0.794. The van der Waals surface area contributed by atoms with Gasteiger partial charge in [0, 0.05) is 5.56 Å². The third kappa shape index (κ3) is 2.84. The number of benzene rings is 1. The maximum absolute atomic E-state index is 10.9. The molecule has 1 aromatic carbocycles. The summed E-state index contributed by atoms with van der Waals surface area (Å²) < 4.78 is 5.11. The van der Waals surface area contributed by atoms with Crippen LogP contribution in [-0.2, 0) is 0 Å². The number of carboxylic acids is 1. The van der Waals surface area contributed by atoms with E-state index < -0.39 is 5.97 Å². The van der Waals surface area contributed by atoms with E-state index in [0.717, 1.165) is 12.0 Å². The lowest BCUT2D eigenvalue weighted by atomic mass is 10.1. The fraction of sp³-hybridized carbons (Fsp3) is 0.250. The molecular weight excluding hydrogens is 206 g/mol. The molecule has 0 unspecified atom stereocenters. The first-order chi connectivity index (χ1) is 7.70. The van der Waals surface area contributed by atoms with Crippen LogP contribution in [0, 0.1) is 0 Å². The number of ether oxygens (including phenoxy) is 1. The highest BCUT2D eigenvalue weighted by molar-refractivity contribution is 5.92. The van der Waals surface area contributed by atoms with Gasteiger partial charge in [0.15, 0.2) is 0 Å². The number of hydrogen-bond acceptors (Lipinski definition) is 3. The van der Waals surface area contributed by atoms with Crippen LogP contribution in [0.25, 0.3) is 6.08 Å². The largest absolute Gasteiger partial charge is 0.495 e. The molecule has 1 rings (SSSR count). The van der Waals surface area contributed by atoms with Gasteiger partial charge in [-0.3, -0.25) is 0 Å². The van der Waals surface area contributed by atoms with E-state index in [1.807, 2.05) is 12.2 Å². The molecule has 0 aliphatic carbocycles. The Balaban J connectivity index is 3.09. The van der Waals surface area contributed by atoms with E-state index in [1.54, 1.807) is 12.1 Å². The van der Waals surface area contributed by atoms with Crippen molar-refractivity contribution in [2.45, 2.75) is 6.42 Å². The van der Waals surface area contributed by atoms with Gasteiger partial charge in [-0.15, -0.1) is 0 Å². The Kier molecular flexibility index (Phi) is 4.54. The van der Waals surface area contributed by atoms with Crippen LogP contribution >= 0.6 is 0 Å². The standard InChI is InChI=1S/C12H15NO3/c1-16-11-9(5-2-3-8-13)6-4-7-10(11)12(14)15/h2,4-7H,3,8,13H2,1H3,(H,14,15). The van der Waals surface area contributed by atoms with Crippen molar-refractivity contribution in [2.75, 3.05) is 13.7 Å². The van der Waals surface area contributed by atoms with E-state index in [-0.39, 0.29) is 5.56 Å². The van der Waals surface area contributed by atoms with Gasteiger partial charge in [-0.05, 0) is 19.0 Å². The smallest absolute Gasteiger partial charge is 0.339 e. The Labute approximate surface area is 94.3 Å². The van der Waals surface area contributed by atoms with Gasteiger partial charge in [0.1, 0.15) is 11.3 Å². The minimum absolute atomic E-state index is 0.164. The summed E-state index contributed by atoms with van der Waals surface area (Å²) in [4.78, 5) is 10.9. The summed E-state index contributed by atoms with van der Waals surface area (Å²) in [6, 6.07) is 5.01. The lowest BCUT2D eigenvalue weighted by Crippen LogP contribution is -2.01. The van der Waals surface area contributed by atoms with Crippen LogP contribution in [0.15, 0.2) is 24.3 Å². The SMILES string of the molecule is COc1c(C=CCCN)cccc1C(=O)O. The first-order valence-corrected chi connectivity index (χ1v) is 4.97. The molecule has 0 saturated heterocycles. The summed E-state index contributed by atoms with van der Waals surface area (Å²) in [6.45, 7) is 0.567. The molecule has 3 N–H and O–H groups in total. The molecule has 4 nitrogen and oxygen atoms in total.